The lowest BCUT2D eigenvalue weighted by molar-refractivity contribution is -0.150. The highest BCUT2D eigenvalue weighted by Crippen LogP contribution is 2.46. The van der Waals surface area contributed by atoms with Gasteiger partial charge in [0.1, 0.15) is 11.5 Å². The Morgan fingerprint density at radius 1 is 1.18 bits per heavy atom. The van der Waals surface area contributed by atoms with Gasteiger partial charge in [0.15, 0.2) is 5.78 Å². The minimum atomic E-state index is -0.627. The maximum atomic E-state index is 12.6. The van der Waals surface area contributed by atoms with Gasteiger partial charge in [-0.1, -0.05) is 0 Å². The fourth-order valence-corrected chi connectivity index (χ4v) is 3.35. The van der Waals surface area contributed by atoms with Crippen LogP contribution >= 0.6 is 0 Å². The molecule has 1 amide bonds. The number of methoxy groups -OCH3 is 1. The Morgan fingerprint density at radius 3 is 2.27 bits per heavy atom. The highest BCUT2D eigenvalue weighted by atomic mass is 16.6. The number of ketones is 1. The van der Waals surface area contributed by atoms with Gasteiger partial charge in [0.25, 0.3) is 0 Å². The molecule has 1 saturated carbocycles. The molecule has 2 aliphatic rings. The van der Waals surface area contributed by atoms with Crippen molar-refractivity contribution in [3.63, 3.8) is 0 Å². The van der Waals surface area contributed by atoms with Crippen molar-refractivity contribution >= 4 is 17.8 Å². The predicted molar refractivity (Wildman–Crippen MR) is 79.2 cm³/mol. The number of hydrogen-bond donors (Lipinski definition) is 0. The van der Waals surface area contributed by atoms with Gasteiger partial charge in [-0.2, -0.15) is 0 Å². The highest BCUT2D eigenvalue weighted by molar-refractivity contribution is 6.03. The Bertz CT molecular complexity index is 471. The summed E-state index contributed by atoms with van der Waals surface area (Å²) in [5.74, 6) is -1.07. The van der Waals surface area contributed by atoms with Gasteiger partial charge in [0.05, 0.1) is 7.11 Å². The van der Waals surface area contributed by atoms with Crippen LogP contribution in [0.25, 0.3) is 0 Å². The number of ether oxygens (including phenoxy) is 2. The molecule has 0 aromatic rings. The average Bonchev–Trinajstić information content (AvgIpc) is 2.74. The molecule has 0 aromatic heterocycles. The summed E-state index contributed by atoms with van der Waals surface area (Å²) in [4.78, 5) is 37.9. The monoisotopic (exact) mass is 311 g/mol. The van der Waals surface area contributed by atoms with E-state index in [1.54, 1.807) is 4.90 Å². The molecule has 0 bridgehead atoms. The van der Waals surface area contributed by atoms with Crippen molar-refractivity contribution in [2.75, 3.05) is 20.2 Å². The Hall–Kier alpha value is -1.59. The molecular weight excluding hydrogens is 286 g/mol. The topological polar surface area (TPSA) is 72.9 Å². The number of carbonyl (C=O) groups excluding carboxylic acids is 3. The highest BCUT2D eigenvalue weighted by Gasteiger charge is 2.52. The van der Waals surface area contributed by atoms with Crippen LogP contribution in [0.2, 0.25) is 0 Å². The Kier molecular flexibility index (Phi) is 4.49. The summed E-state index contributed by atoms with van der Waals surface area (Å²) in [6.07, 6.45) is 2.11. The van der Waals surface area contributed by atoms with Crippen LogP contribution in [-0.2, 0) is 19.1 Å². The zero-order valence-corrected chi connectivity index (χ0v) is 13.8. The lowest BCUT2D eigenvalue weighted by Crippen LogP contribution is -2.47. The number of Topliss-reactive ketones (excluding diaryl/α,β-unsaturated/α-hetero) is 1. The van der Waals surface area contributed by atoms with E-state index in [4.69, 9.17) is 9.47 Å². The second kappa shape index (κ2) is 5.89. The molecule has 1 spiro atoms. The molecule has 6 nitrogen and oxygen atoms in total. The van der Waals surface area contributed by atoms with E-state index >= 15 is 0 Å². The molecule has 1 atom stereocenters. The van der Waals surface area contributed by atoms with Crippen molar-refractivity contribution < 1.29 is 23.9 Å². The molecule has 124 valence electrons. The van der Waals surface area contributed by atoms with Gasteiger partial charge in [0, 0.05) is 18.5 Å². The van der Waals surface area contributed by atoms with Crippen molar-refractivity contribution in [1.82, 2.24) is 4.90 Å². The summed E-state index contributed by atoms with van der Waals surface area (Å²) in [5, 5.41) is 0. The third-order valence-corrected chi connectivity index (χ3v) is 4.61. The number of hydrogen-bond acceptors (Lipinski definition) is 5. The van der Waals surface area contributed by atoms with Crippen molar-refractivity contribution in [1.29, 1.82) is 0 Å². The first-order valence-corrected chi connectivity index (χ1v) is 7.79. The summed E-state index contributed by atoms with van der Waals surface area (Å²) in [6.45, 7) is 6.48. The van der Waals surface area contributed by atoms with E-state index in [-0.39, 0.29) is 11.9 Å². The molecule has 1 saturated heterocycles. The number of amides is 1. The van der Waals surface area contributed by atoms with E-state index in [1.807, 2.05) is 20.8 Å². The van der Waals surface area contributed by atoms with E-state index in [1.165, 1.54) is 7.11 Å². The van der Waals surface area contributed by atoms with Crippen LogP contribution in [0.15, 0.2) is 0 Å². The van der Waals surface area contributed by atoms with E-state index in [0.29, 0.717) is 38.8 Å². The Morgan fingerprint density at radius 2 is 1.77 bits per heavy atom. The molecule has 0 radical (unpaired) electrons. The van der Waals surface area contributed by atoms with Crippen LogP contribution in [0.1, 0.15) is 46.5 Å². The first-order chi connectivity index (χ1) is 10.2. The number of likely N-dealkylation sites (tertiary alicyclic amines) is 1. The zero-order valence-electron chi connectivity index (χ0n) is 13.8. The quantitative estimate of drug-likeness (QED) is 0.548. The van der Waals surface area contributed by atoms with Gasteiger partial charge >= 0.3 is 12.1 Å². The lowest BCUT2D eigenvalue weighted by atomic mass is 9.75. The van der Waals surface area contributed by atoms with Crippen molar-refractivity contribution in [3.8, 4) is 0 Å². The fourth-order valence-electron chi connectivity index (χ4n) is 3.35. The zero-order chi connectivity index (χ0) is 16.5. The molecule has 2 fully saturated rings. The summed E-state index contributed by atoms with van der Waals surface area (Å²) in [6, 6.07) is 0. The summed E-state index contributed by atoms with van der Waals surface area (Å²) < 4.78 is 10.1. The normalized spacial score (nSPS) is 24.5. The van der Waals surface area contributed by atoms with Gasteiger partial charge in [-0.3, -0.25) is 9.59 Å². The van der Waals surface area contributed by atoms with Crippen LogP contribution in [0.3, 0.4) is 0 Å². The van der Waals surface area contributed by atoms with Crippen molar-refractivity contribution in [3.05, 3.63) is 0 Å². The van der Waals surface area contributed by atoms with Gasteiger partial charge in [-0.25, -0.2) is 4.79 Å². The number of piperidine rings is 1. The standard InChI is InChI=1S/C16H25NO5/c1-15(2,3)22-14(20)17-9-7-16(8-10-17)6-5-11(12(16)18)13(19)21-4/h11H,5-10H2,1-4H3/t11-/m0/s1. The molecule has 0 unspecified atom stereocenters. The number of nitrogens with zero attached hydrogens (tertiary/aromatic N) is 1. The molecule has 22 heavy (non-hydrogen) atoms. The second-order valence-electron chi connectivity index (χ2n) is 7.23. The molecule has 0 aromatic carbocycles. The predicted octanol–water partition coefficient (Wildman–Crippen LogP) is 2.16. The average molecular weight is 311 g/mol. The Labute approximate surface area is 131 Å². The van der Waals surface area contributed by atoms with E-state index < -0.39 is 22.9 Å². The maximum absolute atomic E-state index is 12.6. The van der Waals surface area contributed by atoms with Crippen LogP contribution in [0.4, 0.5) is 4.79 Å². The maximum Gasteiger partial charge on any atom is 0.410 e. The van der Waals surface area contributed by atoms with Gasteiger partial charge in [-0.15, -0.1) is 0 Å². The molecule has 2 rings (SSSR count). The van der Waals surface area contributed by atoms with Crippen molar-refractivity contribution in [2.24, 2.45) is 11.3 Å². The van der Waals surface area contributed by atoms with E-state index in [0.717, 1.165) is 0 Å². The SMILES string of the molecule is COC(=O)[C@H]1CCC2(CCN(C(=O)OC(C)(C)C)CC2)C1=O. The number of carbonyl (C=O) groups is 3. The fraction of sp³-hybridized carbons (Fsp3) is 0.812. The first-order valence-electron chi connectivity index (χ1n) is 7.79. The van der Waals surface area contributed by atoms with Crippen molar-refractivity contribution in [2.45, 2.75) is 52.1 Å². The van der Waals surface area contributed by atoms with Crippen LogP contribution in [0, 0.1) is 11.3 Å². The molecular formula is C16H25NO5. The molecule has 1 aliphatic carbocycles. The van der Waals surface area contributed by atoms with Crippen LogP contribution in [-0.4, -0.2) is 48.5 Å². The third kappa shape index (κ3) is 3.25. The molecule has 1 heterocycles. The van der Waals surface area contributed by atoms with Crippen LogP contribution in [0.5, 0.6) is 0 Å². The van der Waals surface area contributed by atoms with Gasteiger partial charge in [0.2, 0.25) is 0 Å². The molecule has 0 N–H and O–H groups in total. The van der Waals surface area contributed by atoms with Crippen LogP contribution < -0.4 is 0 Å². The Balaban J connectivity index is 1.96. The van der Waals surface area contributed by atoms with E-state index in [2.05, 4.69) is 0 Å². The molecule has 6 heteroatoms. The largest absolute Gasteiger partial charge is 0.468 e. The minimum Gasteiger partial charge on any atom is -0.468 e. The van der Waals surface area contributed by atoms with E-state index in [9.17, 15) is 14.4 Å². The van der Waals surface area contributed by atoms with Gasteiger partial charge in [-0.05, 0) is 46.5 Å². The summed E-state index contributed by atoms with van der Waals surface area (Å²) in [7, 11) is 1.31. The lowest BCUT2D eigenvalue weighted by Gasteiger charge is -2.38. The third-order valence-electron chi connectivity index (χ3n) is 4.61. The second-order valence-corrected chi connectivity index (χ2v) is 7.23. The summed E-state index contributed by atoms with van der Waals surface area (Å²) >= 11 is 0. The smallest absolute Gasteiger partial charge is 0.410 e. The first kappa shape index (κ1) is 16.8. The van der Waals surface area contributed by atoms with Gasteiger partial charge < -0.3 is 14.4 Å². The molecule has 1 aliphatic heterocycles. The minimum absolute atomic E-state index is 0.0109. The number of esters is 1. The summed E-state index contributed by atoms with van der Waals surface area (Å²) in [5.41, 5.74) is -0.983. The number of rotatable bonds is 1.